The Morgan fingerprint density at radius 1 is 1.30 bits per heavy atom. The lowest BCUT2D eigenvalue weighted by Gasteiger charge is -2.22. The zero-order valence-electron chi connectivity index (χ0n) is 6.27. The first kappa shape index (κ1) is 8.25. The Hall–Kier alpha value is 0.150. The van der Waals surface area contributed by atoms with Crippen LogP contribution in [0.1, 0.15) is 32.6 Å². The molecule has 1 fully saturated rings. The topological polar surface area (TPSA) is 17.1 Å². The highest BCUT2D eigenvalue weighted by molar-refractivity contribution is 9.18. The molecule has 0 N–H and O–H groups in total. The first-order valence-corrected chi connectivity index (χ1v) is 4.69. The van der Waals surface area contributed by atoms with Gasteiger partial charge in [-0.05, 0) is 47.5 Å². The van der Waals surface area contributed by atoms with Gasteiger partial charge >= 0.3 is 0 Å². The molecule has 1 nitrogen and oxygen atoms in total. The molecule has 1 saturated carbocycles. The monoisotopic (exact) mass is 204 g/mol. The van der Waals surface area contributed by atoms with Crippen molar-refractivity contribution in [3.05, 3.63) is 0 Å². The zero-order valence-corrected chi connectivity index (χ0v) is 7.86. The summed E-state index contributed by atoms with van der Waals surface area (Å²) in [5.41, 5.74) is 0. The molecule has 10 heavy (non-hydrogen) atoms. The Kier molecular flexibility index (Phi) is 2.90. The van der Waals surface area contributed by atoms with Crippen LogP contribution in [0, 0.1) is 11.8 Å². The van der Waals surface area contributed by atoms with Crippen LogP contribution < -0.4 is 0 Å². The van der Waals surface area contributed by atoms with Gasteiger partial charge in [-0.2, -0.15) is 0 Å². The van der Waals surface area contributed by atoms with Crippen molar-refractivity contribution in [2.75, 3.05) is 0 Å². The summed E-state index contributed by atoms with van der Waals surface area (Å²) in [6.45, 7) is 2.26. The second-order valence-corrected chi connectivity index (χ2v) is 4.04. The molecule has 0 bridgehead atoms. The summed E-state index contributed by atoms with van der Waals surface area (Å²) in [4.78, 5) is 10.8. The lowest BCUT2D eigenvalue weighted by molar-refractivity contribution is -0.114. The van der Waals surface area contributed by atoms with Crippen LogP contribution in [0.15, 0.2) is 0 Å². The fourth-order valence-corrected chi connectivity index (χ4v) is 1.94. The Morgan fingerprint density at radius 3 is 2.20 bits per heavy atom. The maximum absolute atomic E-state index is 10.8. The third-order valence-corrected chi connectivity index (χ3v) is 2.98. The fourth-order valence-electron chi connectivity index (χ4n) is 1.49. The Morgan fingerprint density at radius 2 is 1.80 bits per heavy atom. The predicted molar refractivity (Wildman–Crippen MR) is 45.1 cm³/mol. The predicted octanol–water partition coefficient (Wildman–Crippen LogP) is 2.73. The van der Waals surface area contributed by atoms with Crippen LogP contribution in [0.5, 0.6) is 0 Å². The highest BCUT2D eigenvalue weighted by Crippen LogP contribution is 2.29. The van der Waals surface area contributed by atoms with Gasteiger partial charge in [0.2, 0.25) is 4.69 Å². The van der Waals surface area contributed by atoms with Crippen LogP contribution in [-0.4, -0.2) is 4.69 Å². The van der Waals surface area contributed by atoms with Gasteiger partial charge in [-0.1, -0.05) is 6.92 Å². The molecule has 1 aliphatic carbocycles. The van der Waals surface area contributed by atoms with Gasteiger partial charge in [0.1, 0.15) is 0 Å². The van der Waals surface area contributed by atoms with E-state index in [1.165, 1.54) is 12.8 Å². The maximum atomic E-state index is 10.8. The van der Waals surface area contributed by atoms with Crippen molar-refractivity contribution in [1.29, 1.82) is 0 Å². The summed E-state index contributed by atoms with van der Waals surface area (Å²) in [7, 11) is 0. The first-order valence-electron chi connectivity index (χ1n) is 3.89. The lowest BCUT2D eigenvalue weighted by atomic mass is 9.84. The molecule has 0 amide bonds. The standard InChI is InChI=1S/C8H13BrO/c1-6-2-4-7(5-3-6)8(9)10/h6-7H,2-5H2,1H3. The fraction of sp³-hybridized carbons (Fsp3) is 0.875. The van der Waals surface area contributed by atoms with Gasteiger partial charge in [0, 0.05) is 5.92 Å². The molecule has 0 heterocycles. The van der Waals surface area contributed by atoms with Crippen molar-refractivity contribution < 1.29 is 4.79 Å². The largest absolute Gasteiger partial charge is 0.286 e. The molecule has 1 aliphatic rings. The van der Waals surface area contributed by atoms with E-state index in [1.54, 1.807) is 0 Å². The molecular weight excluding hydrogens is 192 g/mol. The molecule has 58 valence electrons. The van der Waals surface area contributed by atoms with E-state index < -0.39 is 0 Å². The van der Waals surface area contributed by atoms with E-state index in [1.807, 2.05) is 0 Å². The molecule has 0 aromatic heterocycles. The second kappa shape index (κ2) is 3.51. The van der Waals surface area contributed by atoms with E-state index in [0.717, 1.165) is 18.8 Å². The van der Waals surface area contributed by atoms with Crippen molar-refractivity contribution in [3.63, 3.8) is 0 Å². The highest BCUT2D eigenvalue weighted by atomic mass is 79.9. The number of hydrogen-bond acceptors (Lipinski definition) is 1. The third kappa shape index (κ3) is 2.08. The summed E-state index contributed by atoms with van der Waals surface area (Å²) < 4.78 is 0.208. The minimum atomic E-state index is 0.208. The second-order valence-electron chi connectivity index (χ2n) is 3.26. The molecule has 0 aromatic rings. The van der Waals surface area contributed by atoms with E-state index in [0.29, 0.717) is 5.92 Å². The van der Waals surface area contributed by atoms with E-state index in [-0.39, 0.29) is 4.69 Å². The average Bonchev–Trinajstić information content (AvgIpc) is 1.88. The third-order valence-electron chi connectivity index (χ3n) is 2.34. The summed E-state index contributed by atoms with van der Waals surface area (Å²) >= 11 is 3.02. The summed E-state index contributed by atoms with van der Waals surface area (Å²) in [5, 5.41) is 0. The Balaban J connectivity index is 2.33. The van der Waals surface area contributed by atoms with Crippen LogP contribution in [0.3, 0.4) is 0 Å². The molecular formula is C8H13BrO. The summed E-state index contributed by atoms with van der Waals surface area (Å²) in [6.07, 6.45) is 4.63. The molecule has 0 aliphatic heterocycles. The number of rotatable bonds is 1. The van der Waals surface area contributed by atoms with E-state index >= 15 is 0 Å². The van der Waals surface area contributed by atoms with Gasteiger partial charge in [0.15, 0.2) is 0 Å². The van der Waals surface area contributed by atoms with Crippen LogP contribution >= 0.6 is 15.9 Å². The number of hydrogen-bond donors (Lipinski definition) is 0. The van der Waals surface area contributed by atoms with Crippen molar-refractivity contribution in [1.82, 2.24) is 0 Å². The normalized spacial score (nSPS) is 33.8. The summed E-state index contributed by atoms with van der Waals surface area (Å²) in [5.74, 6) is 1.15. The smallest absolute Gasteiger partial charge is 0.200 e. The number of carbonyl (C=O) groups is 1. The molecule has 2 heteroatoms. The molecule has 0 unspecified atom stereocenters. The van der Waals surface area contributed by atoms with Crippen LogP contribution in [0.2, 0.25) is 0 Å². The zero-order chi connectivity index (χ0) is 7.56. The summed E-state index contributed by atoms with van der Waals surface area (Å²) in [6, 6.07) is 0. The van der Waals surface area contributed by atoms with Crippen molar-refractivity contribution in [3.8, 4) is 0 Å². The molecule has 0 atom stereocenters. The van der Waals surface area contributed by atoms with E-state index in [9.17, 15) is 4.79 Å². The Bertz CT molecular complexity index is 125. The van der Waals surface area contributed by atoms with Crippen molar-refractivity contribution in [2.24, 2.45) is 11.8 Å². The number of carbonyl (C=O) groups excluding carboxylic acids is 1. The SMILES string of the molecule is CC1CCC(C(=O)Br)CC1. The van der Waals surface area contributed by atoms with Gasteiger partial charge in [0.05, 0.1) is 0 Å². The van der Waals surface area contributed by atoms with Gasteiger partial charge < -0.3 is 0 Å². The quantitative estimate of drug-likeness (QED) is 0.601. The Labute approximate surface area is 70.3 Å². The molecule has 0 radical (unpaired) electrons. The van der Waals surface area contributed by atoms with Gasteiger partial charge in [0.25, 0.3) is 0 Å². The molecule has 0 aromatic carbocycles. The molecule has 0 spiro atoms. The minimum Gasteiger partial charge on any atom is -0.286 e. The molecule has 1 rings (SSSR count). The van der Waals surface area contributed by atoms with Gasteiger partial charge in [-0.25, -0.2) is 0 Å². The van der Waals surface area contributed by atoms with Crippen molar-refractivity contribution >= 4 is 20.6 Å². The average molecular weight is 205 g/mol. The maximum Gasteiger partial charge on any atom is 0.200 e. The van der Waals surface area contributed by atoms with Crippen LogP contribution in [0.4, 0.5) is 0 Å². The molecule has 0 saturated heterocycles. The van der Waals surface area contributed by atoms with Crippen LogP contribution in [-0.2, 0) is 4.79 Å². The van der Waals surface area contributed by atoms with E-state index in [4.69, 9.17) is 0 Å². The van der Waals surface area contributed by atoms with Crippen molar-refractivity contribution in [2.45, 2.75) is 32.6 Å². The number of halogens is 1. The van der Waals surface area contributed by atoms with Crippen LogP contribution in [0.25, 0.3) is 0 Å². The van der Waals surface area contributed by atoms with E-state index in [2.05, 4.69) is 22.9 Å². The first-order chi connectivity index (χ1) is 4.70. The lowest BCUT2D eigenvalue weighted by Crippen LogP contribution is -2.16. The van der Waals surface area contributed by atoms with Gasteiger partial charge in [-0.15, -0.1) is 0 Å². The highest BCUT2D eigenvalue weighted by Gasteiger charge is 2.21. The van der Waals surface area contributed by atoms with Gasteiger partial charge in [-0.3, -0.25) is 4.79 Å². The minimum absolute atomic E-state index is 0.208.